The molecule has 8 saturated heterocycles. The average molecular weight is 707 g/mol. The summed E-state index contributed by atoms with van der Waals surface area (Å²) in [6.07, 6.45) is 4.26. The van der Waals surface area contributed by atoms with Crippen LogP contribution in [0.1, 0.15) is 92.2 Å². The predicted octanol–water partition coefficient (Wildman–Crippen LogP) is 6.64. The molecule has 8 aliphatic rings. The third-order valence-electron chi connectivity index (χ3n) is 13.2. The van der Waals surface area contributed by atoms with E-state index in [0.717, 1.165) is 12.3 Å². The molecule has 1 aromatic rings. The first-order chi connectivity index (χ1) is 20.6. The average Bonchev–Trinajstić information content (AvgIpc) is 2.77. The van der Waals surface area contributed by atoms with Crippen LogP contribution in [-0.4, -0.2) is 74.0 Å². The van der Waals surface area contributed by atoms with Crippen molar-refractivity contribution in [1.82, 2.24) is 0 Å². The Hall–Kier alpha value is 0.274. The van der Waals surface area contributed by atoms with Crippen molar-refractivity contribution < 1.29 is 28.4 Å². The summed E-state index contributed by atoms with van der Waals surface area (Å²) in [5.41, 5.74) is -0.378. The third kappa shape index (κ3) is 4.10. The van der Waals surface area contributed by atoms with E-state index in [4.69, 9.17) is 28.4 Å². The lowest BCUT2D eigenvalue weighted by Gasteiger charge is -2.77. The first-order valence-electron chi connectivity index (χ1n) is 17.5. The number of hydrogen-bond donors (Lipinski definition) is 0. The van der Waals surface area contributed by atoms with Gasteiger partial charge in [0.1, 0.15) is 0 Å². The lowest BCUT2D eigenvalue weighted by atomic mass is 9.46. The normalized spacial score (nSPS) is 52.5. The van der Waals surface area contributed by atoms with E-state index in [2.05, 4.69) is 125 Å². The van der Waals surface area contributed by atoms with Crippen LogP contribution in [0.15, 0.2) is 12.1 Å². The Balaban J connectivity index is 1.63. The lowest BCUT2D eigenvalue weighted by Crippen LogP contribution is -2.86. The summed E-state index contributed by atoms with van der Waals surface area (Å²) in [7, 11) is 2.71. The Kier molecular flexibility index (Phi) is 6.93. The molecule has 46 heavy (non-hydrogen) atoms. The van der Waals surface area contributed by atoms with Crippen molar-refractivity contribution in [3.8, 4) is 0 Å². The molecule has 258 valence electrons. The second kappa shape index (κ2) is 9.19. The molecule has 8 fully saturated rings. The second-order valence-electron chi connectivity index (χ2n) is 19.4. The maximum atomic E-state index is 7.24. The van der Waals surface area contributed by atoms with Gasteiger partial charge in [-0.1, -0.05) is 61.8 Å². The van der Waals surface area contributed by atoms with Crippen molar-refractivity contribution in [3.05, 3.63) is 23.3 Å². The van der Waals surface area contributed by atoms with Gasteiger partial charge in [0.15, 0.2) is 23.1 Å². The number of ether oxygens (including phenoxy) is 6. The van der Waals surface area contributed by atoms with Crippen LogP contribution in [0.4, 0.5) is 0 Å². The second-order valence-corrected chi connectivity index (χ2v) is 30.3. The zero-order valence-corrected chi connectivity index (χ0v) is 35.3. The molecule has 10 heteroatoms. The van der Waals surface area contributed by atoms with Crippen LogP contribution < -0.4 is 10.4 Å². The van der Waals surface area contributed by atoms with Gasteiger partial charge in [-0.15, -0.1) is 18.5 Å². The van der Waals surface area contributed by atoms with Crippen LogP contribution in [0.5, 0.6) is 0 Å². The smallest absolute Gasteiger partial charge is 0.172 e. The van der Waals surface area contributed by atoms with Crippen LogP contribution in [-0.2, 0) is 39.3 Å². The SMILES string of the molecule is CC12CC3(C)OC(C)(CC(C)(O1)C3(CP)c1cc([Si](C)(C)C)c([Si](C)(C)C)cc1C1(CP)C3(C)CC4(C)OC(C)(CC1(C)O4)O3)O2. The van der Waals surface area contributed by atoms with Crippen LogP contribution in [0.25, 0.3) is 0 Å². The first kappa shape index (κ1) is 34.7. The Bertz CT molecular complexity index is 1320. The minimum atomic E-state index is -1.81. The van der Waals surface area contributed by atoms with Gasteiger partial charge in [0.2, 0.25) is 0 Å². The lowest BCUT2D eigenvalue weighted by molar-refractivity contribution is -0.534. The summed E-state index contributed by atoms with van der Waals surface area (Å²) < 4.78 is 42.1. The first-order valence-corrected chi connectivity index (χ1v) is 26.1. The van der Waals surface area contributed by atoms with Crippen LogP contribution >= 0.6 is 18.5 Å². The molecule has 0 aromatic heterocycles. The highest BCUT2D eigenvalue weighted by atomic mass is 31.0. The molecule has 0 amide bonds. The molecule has 0 saturated carbocycles. The standard InChI is InChI=1S/C36H60O6P2Si2/c1-27-17-31(5)38-28(2,18-32(6,37-27)41-31)35(27,21-43)23-15-25(45(9,10)11)26(46(12,13)14)16-24(23)36(22-44)29(3)19-33(7)40-30(36,4)20-34(8,39-29)42-33/h15-16H,17-22,43-44H2,1-14H3. The molecule has 6 nitrogen and oxygen atoms in total. The monoisotopic (exact) mass is 706 g/mol. The summed E-state index contributed by atoms with van der Waals surface area (Å²) in [4.78, 5) is 0. The summed E-state index contributed by atoms with van der Waals surface area (Å²) in [5.74, 6) is -2.82. The molecular formula is C36H60O6P2Si2. The van der Waals surface area contributed by atoms with E-state index >= 15 is 0 Å². The van der Waals surface area contributed by atoms with Gasteiger partial charge in [-0.25, -0.2) is 0 Å². The molecule has 9 rings (SSSR count). The molecule has 0 aliphatic carbocycles. The fourth-order valence-electron chi connectivity index (χ4n) is 12.6. The number of benzene rings is 1. The van der Waals surface area contributed by atoms with Crippen molar-refractivity contribution >= 4 is 45.0 Å². The van der Waals surface area contributed by atoms with Crippen LogP contribution in [0.2, 0.25) is 39.3 Å². The van der Waals surface area contributed by atoms with E-state index in [9.17, 15) is 0 Å². The van der Waals surface area contributed by atoms with Crippen molar-refractivity contribution in [3.63, 3.8) is 0 Å². The zero-order chi connectivity index (χ0) is 34.2. The molecule has 0 radical (unpaired) electrons. The van der Waals surface area contributed by atoms with Crippen molar-refractivity contribution in [2.45, 2.75) is 177 Å². The fraction of sp³-hybridized carbons (Fsp3) is 0.833. The van der Waals surface area contributed by atoms with Gasteiger partial charge in [0.05, 0.1) is 49.4 Å². The van der Waals surface area contributed by atoms with Crippen molar-refractivity contribution in [1.29, 1.82) is 0 Å². The minimum Gasteiger partial charge on any atom is -0.343 e. The van der Waals surface area contributed by atoms with E-state index in [1.807, 2.05) is 0 Å². The number of hydrogen-bond acceptors (Lipinski definition) is 6. The van der Waals surface area contributed by atoms with E-state index < -0.39 is 72.5 Å². The third-order valence-corrected chi connectivity index (χ3v) is 18.7. The maximum absolute atomic E-state index is 7.24. The van der Waals surface area contributed by atoms with Gasteiger partial charge in [0, 0.05) is 25.7 Å². The van der Waals surface area contributed by atoms with E-state index in [1.165, 1.54) is 11.1 Å². The number of rotatable bonds is 6. The van der Waals surface area contributed by atoms with Crippen LogP contribution in [0, 0.1) is 0 Å². The zero-order valence-electron chi connectivity index (χ0n) is 31.0. The highest BCUT2D eigenvalue weighted by molar-refractivity contribution is 7.16. The van der Waals surface area contributed by atoms with Crippen molar-refractivity contribution in [2.75, 3.05) is 12.3 Å². The molecule has 10 atom stereocenters. The fourth-order valence-corrected chi connectivity index (χ4v) is 20.0. The highest BCUT2D eigenvalue weighted by Crippen LogP contribution is 2.72. The quantitative estimate of drug-likeness (QED) is 0.244. The van der Waals surface area contributed by atoms with Crippen LogP contribution in [0.3, 0.4) is 0 Å². The summed E-state index contributed by atoms with van der Waals surface area (Å²) >= 11 is 0. The molecule has 8 aliphatic heterocycles. The Labute approximate surface area is 284 Å². The minimum absolute atomic E-state index is 0.478. The van der Waals surface area contributed by atoms with E-state index in [1.54, 1.807) is 10.4 Å². The van der Waals surface area contributed by atoms with Gasteiger partial charge in [-0.2, -0.15) is 0 Å². The molecule has 1 aromatic carbocycles. The van der Waals surface area contributed by atoms with E-state index in [0.29, 0.717) is 25.7 Å². The molecule has 0 N–H and O–H groups in total. The van der Waals surface area contributed by atoms with Gasteiger partial charge in [0.25, 0.3) is 0 Å². The topological polar surface area (TPSA) is 55.4 Å². The van der Waals surface area contributed by atoms with Crippen molar-refractivity contribution in [2.24, 2.45) is 0 Å². The maximum Gasteiger partial charge on any atom is 0.172 e. The molecule has 0 spiro atoms. The molecule has 8 heterocycles. The summed E-state index contributed by atoms with van der Waals surface area (Å²) in [6.45, 7) is 32.9. The molecular weight excluding hydrogens is 647 g/mol. The Morgan fingerprint density at radius 1 is 0.478 bits per heavy atom. The summed E-state index contributed by atoms with van der Waals surface area (Å²) in [6, 6.07) is 5.33. The predicted molar refractivity (Wildman–Crippen MR) is 197 cm³/mol. The Morgan fingerprint density at radius 3 is 0.913 bits per heavy atom. The Morgan fingerprint density at radius 2 is 0.717 bits per heavy atom. The van der Waals surface area contributed by atoms with Gasteiger partial charge >= 0.3 is 0 Å². The summed E-state index contributed by atoms with van der Waals surface area (Å²) in [5, 5.41) is 3.14. The highest BCUT2D eigenvalue weighted by Gasteiger charge is 2.81. The largest absolute Gasteiger partial charge is 0.343 e. The molecule has 10 unspecified atom stereocenters. The van der Waals surface area contributed by atoms with Gasteiger partial charge in [-0.3, -0.25) is 0 Å². The van der Waals surface area contributed by atoms with Gasteiger partial charge in [-0.05, 0) is 78.8 Å². The van der Waals surface area contributed by atoms with Gasteiger partial charge < -0.3 is 28.4 Å². The molecule has 8 bridgehead atoms. The van der Waals surface area contributed by atoms with E-state index in [-0.39, 0.29) is 0 Å².